The third-order valence-corrected chi connectivity index (χ3v) is 5.04. The van der Waals surface area contributed by atoms with Gasteiger partial charge < -0.3 is 9.80 Å². The molecule has 2 aliphatic rings. The molecule has 1 saturated heterocycles. The number of pyridine rings is 1. The van der Waals surface area contributed by atoms with Crippen LogP contribution in [0.4, 0.5) is 14.6 Å². The third kappa shape index (κ3) is 3.21. The number of carbonyl (C=O) groups is 1. The van der Waals surface area contributed by atoms with E-state index >= 15 is 0 Å². The minimum Gasteiger partial charge on any atom is -0.351 e. The van der Waals surface area contributed by atoms with Crippen molar-refractivity contribution in [3.8, 4) is 0 Å². The van der Waals surface area contributed by atoms with Gasteiger partial charge in [-0.1, -0.05) is 12.1 Å². The first-order chi connectivity index (χ1) is 12.1. The molecule has 1 aliphatic heterocycles. The predicted molar refractivity (Wildman–Crippen MR) is 90.2 cm³/mol. The number of nitrogens with zero attached hydrogens (tertiary/aromatic N) is 3. The molecule has 2 heterocycles. The molecule has 0 unspecified atom stereocenters. The molecule has 0 N–H and O–H groups in total. The standard InChI is InChI=1S/C19H19F2N3O/c20-14-5-3-13(4-6-14)15-12-16(15)19(25)24-10-8-23(9-11-24)18-17(21)2-1-7-22-18/h1-7,15-16H,8-12H2/t15-,16+/m0/s1. The van der Waals surface area contributed by atoms with E-state index < -0.39 is 0 Å². The van der Waals surface area contributed by atoms with Crippen LogP contribution in [0.15, 0.2) is 42.6 Å². The van der Waals surface area contributed by atoms with Crippen LogP contribution in [0.1, 0.15) is 17.9 Å². The van der Waals surface area contributed by atoms with E-state index in [1.54, 1.807) is 24.4 Å². The van der Waals surface area contributed by atoms with Crippen molar-refractivity contribution in [3.05, 3.63) is 59.8 Å². The minimum atomic E-state index is -0.333. The first-order valence-electron chi connectivity index (χ1n) is 8.53. The van der Waals surface area contributed by atoms with E-state index in [0.717, 1.165) is 12.0 Å². The lowest BCUT2D eigenvalue weighted by Gasteiger charge is -2.35. The van der Waals surface area contributed by atoms with Gasteiger partial charge in [-0.15, -0.1) is 0 Å². The molecule has 2 atom stereocenters. The number of piperazine rings is 1. The first kappa shape index (κ1) is 16.0. The fourth-order valence-corrected chi connectivity index (χ4v) is 3.53. The van der Waals surface area contributed by atoms with Gasteiger partial charge in [0.05, 0.1) is 0 Å². The summed E-state index contributed by atoms with van der Waals surface area (Å²) in [6, 6.07) is 9.37. The van der Waals surface area contributed by atoms with Crippen LogP contribution in [0.3, 0.4) is 0 Å². The maximum atomic E-state index is 13.8. The van der Waals surface area contributed by atoms with Crippen LogP contribution >= 0.6 is 0 Å². The summed E-state index contributed by atoms with van der Waals surface area (Å²) < 4.78 is 26.8. The number of halogens is 2. The molecule has 0 spiro atoms. The fraction of sp³-hybridized carbons (Fsp3) is 0.368. The Bertz CT molecular complexity index is 772. The monoisotopic (exact) mass is 343 g/mol. The second-order valence-electron chi connectivity index (χ2n) is 6.62. The fourth-order valence-electron chi connectivity index (χ4n) is 3.53. The lowest BCUT2D eigenvalue weighted by Crippen LogP contribution is -2.49. The van der Waals surface area contributed by atoms with Crippen molar-refractivity contribution in [2.24, 2.45) is 5.92 Å². The SMILES string of the molecule is O=C([C@@H]1C[C@H]1c1ccc(F)cc1)N1CCN(c2ncccc2F)CC1. The number of hydrogen-bond donors (Lipinski definition) is 0. The van der Waals surface area contributed by atoms with Crippen LogP contribution in [0, 0.1) is 17.6 Å². The molecule has 1 aromatic carbocycles. The Kier molecular flexibility index (Phi) is 4.11. The zero-order valence-electron chi connectivity index (χ0n) is 13.7. The molecule has 2 aromatic rings. The largest absolute Gasteiger partial charge is 0.351 e. The summed E-state index contributed by atoms with van der Waals surface area (Å²) in [6.07, 6.45) is 2.40. The van der Waals surface area contributed by atoms with Crippen molar-refractivity contribution in [2.45, 2.75) is 12.3 Å². The van der Waals surface area contributed by atoms with Gasteiger partial charge in [0.25, 0.3) is 0 Å². The summed E-state index contributed by atoms with van der Waals surface area (Å²) in [5.74, 6) is 0.0923. The molecule has 6 heteroatoms. The molecule has 1 saturated carbocycles. The maximum Gasteiger partial charge on any atom is 0.226 e. The van der Waals surface area contributed by atoms with Gasteiger partial charge in [-0.25, -0.2) is 13.8 Å². The second-order valence-corrected chi connectivity index (χ2v) is 6.62. The topological polar surface area (TPSA) is 36.4 Å². The normalized spacial score (nSPS) is 22.8. The number of amides is 1. The Balaban J connectivity index is 1.35. The molecule has 25 heavy (non-hydrogen) atoms. The summed E-state index contributed by atoms with van der Waals surface area (Å²) in [5.41, 5.74) is 1.02. The molecule has 1 aliphatic carbocycles. The van der Waals surface area contributed by atoms with Gasteiger partial charge in [-0.05, 0) is 42.2 Å². The Morgan fingerprint density at radius 1 is 1.04 bits per heavy atom. The molecule has 1 aromatic heterocycles. The molecule has 2 fully saturated rings. The Labute approximate surface area is 145 Å². The number of aromatic nitrogens is 1. The van der Waals surface area contributed by atoms with Crippen molar-refractivity contribution >= 4 is 11.7 Å². The highest BCUT2D eigenvalue weighted by Crippen LogP contribution is 2.48. The molecule has 0 radical (unpaired) electrons. The zero-order chi connectivity index (χ0) is 17.4. The van der Waals surface area contributed by atoms with E-state index in [1.165, 1.54) is 18.2 Å². The molecule has 4 rings (SSSR count). The summed E-state index contributed by atoms with van der Waals surface area (Å²) in [4.78, 5) is 20.5. The van der Waals surface area contributed by atoms with Crippen LogP contribution < -0.4 is 4.90 Å². The smallest absolute Gasteiger partial charge is 0.226 e. The van der Waals surface area contributed by atoms with Crippen molar-refractivity contribution in [1.82, 2.24) is 9.88 Å². The van der Waals surface area contributed by atoms with E-state index in [1.807, 2.05) is 9.80 Å². The van der Waals surface area contributed by atoms with Crippen LogP contribution in [-0.4, -0.2) is 42.0 Å². The van der Waals surface area contributed by atoms with Crippen LogP contribution in [0.25, 0.3) is 0 Å². The van der Waals surface area contributed by atoms with E-state index in [9.17, 15) is 13.6 Å². The van der Waals surface area contributed by atoms with E-state index in [-0.39, 0.29) is 29.4 Å². The second kappa shape index (κ2) is 6.43. The number of benzene rings is 1. The van der Waals surface area contributed by atoms with Gasteiger partial charge in [0.2, 0.25) is 5.91 Å². The molecule has 1 amide bonds. The highest BCUT2D eigenvalue weighted by molar-refractivity contribution is 5.83. The Morgan fingerprint density at radius 3 is 2.44 bits per heavy atom. The van der Waals surface area contributed by atoms with E-state index in [0.29, 0.717) is 32.0 Å². The van der Waals surface area contributed by atoms with E-state index in [2.05, 4.69) is 4.98 Å². The predicted octanol–water partition coefficient (Wildman–Crippen LogP) is 2.81. The maximum absolute atomic E-state index is 13.8. The van der Waals surface area contributed by atoms with Crippen LogP contribution in [0.5, 0.6) is 0 Å². The van der Waals surface area contributed by atoms with Gasteiger partial charge in [-0.3, -0.25) is 4.79 Å². The highest BCUT2D eigenvalue weighted by atomic mass is 19.1. The highest BCUT2D eigenvalue weighted by Gasteiger charge is 2.46. The molecule has 4 nitrogen and oxygen atoms in total. The molecule has 0 bridgehead atoms. The number of carbonyl (C=O) groups excluding carboxylic acids is 1. The molecular weight excluding hydrogens is 324 g/mol. The van der Waals surface area contributed by atoms with Gasteiger partial charge in [-0.2, -0.15) is 0 Å². The summed E-state index contributed by atoms with van der Waals surface area (Å²) in [7, 11) is 0. The summed E-state index contributed by atoms with van der Waals surface area (Å²) in [6.45, 7) is 2.30. The first-order valence-corrected chi connectivity index (χ1v) is 8.53. The van der Waals surface area contributed by atoms with Crippen LogP contribution in [-0.2, 0) is 4.79 Å². The van der Waals surface area contributed by atoms with Gasteiger partial charge in [0.15, 0.2) is 11.6 Å². The van der Waals surface area contributed by atoms with Crippen LogP contribution in [0.2, 0.25) is 0 Å². The summed E-state index contributed by atoms with van der Waals surface area (Å²) >= 11 is 0. The lowest BCUT2D eigenvalue weighted by atomic mass is 10.1. The Hall–Kier alpha value is -2.50. The van der Waals surface area contributed by atoms with Crippen molar-refractivity contribution in [3.63, 3.8) is 0 Å². The lowest BCUT2D eigenvalue weighted by molar-refractivity contribution is -0.133. The van der Waals surface area contributed by atoms with Crippen molar-refractivity contribution in [2.75, 3.05) is 31.1 Å². The zero-order valence-corrected chi connectivity index (χ0v) is 13.7. The van der Waals surface area contributed by atoms with Gasteiger partial charge in [0.1, 0.15) is 5.82 Å². The number of rotatable bonds is 3. The third-order valence-electron chi connectivity index (χ3n) is 5.04. The number of hydrogen-bond acceptors (Lipinski definition) is 3. The van der Waals surface area contributed by atoms with Gasteiger partial charge >= 0.3 is 0 Å². The molecule has 130 valence electrons. The minimum absolute atomic E-state index is 0.0106. The van der Waals surface area contributed by atoms with Gasteiger partial charge in [0, 0.05) is 38.3 Å². The number of anilines is 1. The van der Waals surface area contributed by atoms with E-state index in [4.69, 9.17) is 0 Å². The quantitative estimate of drug-likeness (QED) is 0.860. The molecular formula is C19H19F2N3O. The Morgan fingerprint density at radius 2 is 1.76 bits per heavy atom. The average Bonchev–Trinajstić information content (AvgIpc) is 3.43. The van der Waals surface area contributed by atoms with Crippen molar-refractivity contribution in [1.29, 1.82) is 0 Å². The average molecular weight is 343 g/mol. The summed E-state index contributed by atoms with van der Waals surface area (Å²) in [5, 5.41) is 0. The van der Waals surface area contributed by atoms with Crippen molar-refractivity contribution < 1.29 is 13.6 Å².